The van der Waals surface area contributed by atoms with Crippen molar-refractivity contribution < 1.29 is 8.42 Å². The number of hydrogen-bond donors (Lipinski definition) is 1. The van der Waals surface area contributed by atoms with Crippen LogP contribution in [0.1, 0.15) is 13.8 Å². The molecule has 2 aromatic carbocycles. The van der Waals surface area contributed by atoms with Crippen LogP contribution in [0.25, 0.3) is 11.1 Å². The molecule has 0 radical (unpaired) electrons. The monoisotopic (exact) mass is 304 g/mol. The van der Waals surface area contributed by atoms with Crippen molar-refractivity contribution in [3.8, 4) is 11.1 Å². The van der Waals surface area contributed by atoms with Crippen LogP contribution in [0.5, 0.6) is 0 Å². The van der Waals surface area contributed by atoms with E-state index in [-0.39, 0.29) is 0 Å². The zero-order valence-corrected chi connectivity index (χ0v) is 13.1. The van der Waals surface area contributed by atoms with Gasteiger partial charge in [-0.1, -0.05) is 38.1 Å². The first kappa shape index (κ1) is 15.5. The van der Waals surface area contributed by atoms with Crippen molar-refractivity contribution in [2.45, 2.75) is 18.7 Å². The number of rotatable bonds is 5. The van der Waals surface area contributed by atoms with Crippen molar-refractivity contribution in [1.29, 1.82) is 0 Å². The maximum atomic E-state index is 12.4. The van der Waals surface area contributed by atoms with E-state index in [1.807, 2.05) is 50.2 Å². The lowest BCUT2D eigenvalue weighted by atomic mass is 10.1. The van der Waals surface area contributed by atoms with Gasteiger partial charge in [0, 0.05) is 18.8 Å². The highest BCUT2D eigenvalue weighted by atomic mass is 32.2. The lowest BCUT2D eigenvalue weighted by Gasteiger charge is -2.18. The van der Waals surface area contributed by atoms with Gasteiger partial charge < -0.3 is 5.73 Å². The highest BCUT2D eigenvalue weighted by Gasteiger charge is 2.21. The van der Waals surface area contributed by atoms with Gasteiger partial charge in [-0.25, -0.2) is 8.42 Å². The Kier molecular flexibility index (Phi) is 4.65. The van der Waals surface area contributed by atoms with Crippen LogP contribution in [-0.4, -0.2) is 25.8 Å². The van der Waals surface area contributed by atoms with Crippen LogP contribution < -0.4 is 5.73 Å². The summed E-state index contributed by atoms with van der Waals surface area (Å²) >= 11 is 0. The minimum absolute atomic E-state index is 0.324. The van der Waals surface area contributed by atoms with Crippen molar-refractivity contribution in [2.75, 3.05) is 18.8 Å². The molecule has 0 spiro atoms. The molecule has 0 saturated carbocycles. The van der Waals surface area contributed by atoms with Crippen LogP contribution in [0.15, 0.2) is 53.4 Å². The van der Waals surface area contributed by atoms with E-state index in [0.717, 1.165) is 11.1 Å². The molecular weight excluding hydrogens is 284 g/mol. The Bertz CT molecular complexity index is 688. The van der Waals surface area contributed by atoms with E-state index >= 15 is 0 Å². The van der Waals surface area contributed by atoms with Crippen LogP contribution in [0.3, 0.4) is 0 Å². The van der Waals surface area contributed by atoms with Gasteiger partial charge in [0.2, 0.25) is 10.0 Å². The Morgan fingerprint density at radius 2 is 1.29 bits per heavy atom. The van der Waals surface area contributed by atoms with Gasteiger partial charge in [0.25, 0.3) is 0 Å². The van der Waals surface area contributed by atoms with Crippen LogP contribution >= 0.6 is 0 Å². The smallest absolute Gasteiger partial charge is 0.243 e. The standard InChI is InChI=1S/C16H20N2O2S/c1-3-18(4-2)21(19,20)16-11-7-14(8-12-16)13-5-9-15(17)10-6-13/h5-12H,3-4,17H2,1-2H3. The molecule has 0 saturated heterocycles. The minimum Gasteiger partial charge on any atom is -0.399 e. The van der Waals surface area contributed by atoms with Gasteiger partial charge in [-0.15, -0.1) is 0 Å². The number of nitrogens with zero attached hydrogens (tertiary/aromatic N) is 1. The van der Waals surface area contributed by atoms with Gasteiger partial charge in [-0.3, -0.25) is 0 Å². The zero-order valence-electron chi connectivity index (χ0n) is 12.3. The first-order valence-electron chi connectivity index (χ1n) is 6.95. The average Bonchev–Trinajstić information content (AvgIpc) is 2.49. The molecule has 0 aliphatic rings. The number of anilines is 1. The first-order valence-corrected chi connectivity index (χ1v) is 8.39. The molecule has 0 unspecified atom stereocenters. The lowest BCUT2D eigenvalue weighted by molar-refractivity contribution is 0.445. The molecule has 2 aromatic rings. The normalized spacial score (nSPS) is 11.8. The van der Waals surface area contributed by atoms with Crippen LogP contribution in [0.2, 0.25) is 0 Å². The Hall–Kier alpha value is -1.85. The highest BCUT2D eigenvalue weighted by molar-refractivity contribution is 7.89. The SMILES string of the molecule is CCN(CC)S(=O)(=O)c1ccc(-c2ccc(N)cc2)cc1. The summed E-state index contributed by atoms with van der Waals surface area (Å²) in [5.41, 5.74) is 8.35. The maximum Gasteiger partial charge on any atom is 0.243 e. The summed E-state index contributed by atoms with van der Waals surface area (Å²) in [4.78, 5) is 0.324. The predicted octanol–water partition coefficient (Wildman–Crippen LogP) is 2.97. The third-order valence-corrected chi connectivity index (χ3v) is 5.51. The van der Waals surface area contributed by atoms with Crippen LogP contribution in [0.4, 0.5) is 5.69 Å². The van der Waals surface area contributed by atoms with Crippen LogP contribution in [0, 0.1) is 0 Å². The molecule has 112 valence electrons. The number of benzene rings is 2. The van der Waals surface area contributed by atoms with Gasteiger partial charge in [0.05, 0.1) is 4.90 Å². The molecule has 0 bridgehead atoms. The van der Waals surface area contributed by atoms with E-state index in [0.29, 0.717) is 23.7 Å². The quantitative estimate of drug-likeness (QED) is 0.864. The molecule has 0 fully saturated rings. The molecule has 4 nitrogen and oxygen atoms in total. The molecule has 0 aliphatic carbocycles. The van der Waals surface area contributed by atoms with Crippen molar-refractivity contribution in [3.63, 3.8) is 0 Å². The van der Waals surface area contributed by atoms with E-state index in [1.165, 1.54) is 4.31 Å². The Morgan fingerprint density at radius 3 is 1.71 bits per heavy atom. The number of nitrogen functional groups attached to an aromatic ring is 1. The summed E-state index contributed by atoms with van der Waals surface area (Å²) in [6.07, 6.45) is 0. The summed E-state index contributed by atoms with van der Waals surface area (Å²) in [7, 11) is -3.39. The van der Waals surface area contributed by atoms with E-state index < -0.39 is 10.0 Å². The number of nitrogens with two attached hydrogens (primary N) is 1. The third-order valence-electron chi connectivity index (χ3n) is 3.44. The van der Waals surface area contributed by atoms with Crippen molar-refractivity contribution in [3.05, 3.63) is 48.5 Å². The second kappa shape index (κ2) is 6.28. The number of sulfonamides is 1. The predicted molar refractivity (Wildman–Crippen MR) is 86.4 cm³/mol. The molecule has 2 rings (SSSR count). The first-order chi connectivity index (χ1) is 9.98. The van der Waals surface area contributed by atoms with Gasteiger partial charge in [-0.05, 0) is 35.4 Å². The summed E-state index contributed by atoms with van der Waals surface area (Å²) in [6, 6.07) is 14.4. The Balaban J connectivity index is 2.33. The zero-order chi connectivity index (χ0) is 15.5. The second-order valence-corrected chi connectivity index (χ2v) is 6.67. The molecule has 0 amide bonds. The molecular formula is C16H20N2O2S. The molecule has 0 heterocycles. The molecule has 0 aliphatic heterocycles. The maximum absolute atomic E-state index is 12.4. The van der Waals surface area contributed by atoms with Crippen molar-refractivity contribution >= 4 is 15.7 Å². The van der Waals surface area contributed by atoms with E-state index in [2.05, 4.69) is 0 Å². The summed E-state index contributed by atoms with van der Waals surface area (Å²) in [5.74, 6) is 0. The Morgan fingerprint density at radius 1 is 0.857 bits per heavy atom. The van der Waals surface area contributed by atoms with E-state index in [9.17, 15) is 8.42 Å². The molecule has 0 aromatic heterocycles. The van der Waals surface area contributed by atoms with Crippen molar-refractivity contribution in [1.82, 2.24) is 4.31 Å². The fourth-order valence-corrected chi connectivity index (χ4v) is 3.67. The third kappa shape index (κ3) is 3.25. The number of hydrogen-bond acceptors (Lipinski definition) is 3. The molecule has 21 heavy (non-hydrogen) atoms. The van der Waals surface area contributed by atoms with Gasteiger partial charge in [0.15, 0.2) is 0 Å². The fraction of sp³-hybridized carbons (Fsp3) is 0.250. The largest absolute Gasteiger partial charge is 0.399 e. The van der Waals surface area contributed by atoms with Crippen LogP contribution in [-0.2, 0) is 10.0 Å². The van der Waals surface area contributed by atoms with Gasteiger partial charge in [-0.2, -0.15) is 4.31 Å². The summed E-state index contributed by atoms with van der Waals surface area (Å²) in [5, 5.41) is 0. The molecule has 2 N–H and O–H groups in total. The highest BCUT2D eigenvalue weighted by Crippen LogP contribution is 2.23. The van der Waals surface area contributed by atoms with Gasteiger partial charge in [0.1, 0.15) is 0 Å². The average molecular weight is 304 g/mol. The molecule has 0 atom stereocenters. The van der Waals surface area contributed by atoms with E-state index in [4.69, 9.17) is 5.73 Å². The molecule has 5 heteroatoms. The minimum atomic E-state index is -3.39. The summed E-state index contributed by atoms with van der Waals surface area (Å²) in [6.45, 7) is 4.62. The van der Waals surface area contributed by atoms with Gasteiger partial charge >= 0.3 is 0 Å². The fourth-order valence-electron chi connectivity index (χ4n) is 2.21. The topological polar surface area (TPSA) is 63.4 Å². The lowest BCUT2D eigenvalue weighted by Crippen LogP contribution is -2.30. The van der Waals surface area contributed by atoms with E-state index in [1.54, 1.807) is 12.1 Å². The second-order valence-electron chi connectivity index (χ2n) is 4.74. The summed E-state index contributed by atoms with van der Waals surface area (Å²) < 4.78 is 26.2. The van der Waals surface area contributed by atoms with Crippen molar-refractivity contribution in [2.24, 2.45) is 0 Å². The Labute approximate surface area is 126 Å².